The van der Waals surface area contributed by atoms with Crippen LogP contribution in [0.1, 0.15) is 52.9 Å². The lowest BCUT2D eigenvalue weighted by molar-refractivity contribution is 0.0749. The number of unbranched alkanes of at least 4 members (excludes halogenated alkanes) is 3. The van der Waals surface area contributed by atoms with E-state index in [0.717, 1.165) is 6.42 Å². The first kappa shape index (κ1) is 10.9. The zero-order valence-corrected chi connectivity index (χ0v) is 7.98. The minimum atomic E-state index is -0.103. The highest BCUT2D eigenvalue weighted by atomic mass is 16.5. The molecule has 0 aliphatic heterocycles. The average Bonchev–Trinajstić information content (AvgIpc) is 1.99. The molecule has 0 atom stereocenters. The van der Waals surface area contributed by atoms with Crippen molar-refractivity contribution in [2.45, 2.75) is 58.4 Å². The Balaban J connectivity index is 3.23. The zero-order valence-electron chi connectivity index (χ0n) is 7.98. The van der Waals surface area contributed by atoms with Gasteiger partial charge in [0.2, 0.25) is 0 Å². The smallest absolute Gasteiger partial charge is 0.0373 e. The van der Waals surface area contributed by atoms with E-state index in [2.05, 4.69) is 12.4 Å². The topological polar surface area (TPSA) is 32.3 Å². The van der Waals surface area contributed by atoms with Crippen LogP contribution in [0.2, 0.25) is 0 Å². The van der Waals surface area contributed by atoms with Gasteiger partial charge in [0.05, 0.1) is 0 Å². The molecule has 0 aliphatic rings. The van der Waals surface area contributed by atoms with Gasteiger partial charge in [-0.1, -0.05) is 32.6 Å². The molecule has 68 valence electrons. The molecule has 0 rings (SSSR count). The Hall–Kier alpha value is -0.0800. The van der Waals surface area contributed by atoms with Crippen LogP contribution in [0, 0.1) is 0 Å². The maximum absolute atomic E-state index is 8.70. The minimum Gasteiger partial charge on any atom is -0.316 e. The van der Waals surface area contributed by atoms with E-state index in [1.54, 1.807) is 0 Å². The van der Waals surface area contributed by atoms with Crippen molar-refractivity contribution in [1.29, 1.82) is 0 Å². The molecular formula is C9H21NO. The van der Waals surface area contributed by atoms with E-state index < -0.39 is 0 Å². The average molecular weight is 159 g/mol. The van der Waals surface area contributed by atoms with Gasteiger partial charge in [-0.2, -0.15) is 0 Å². The number of hydroxylamine groups is 1. The molecule has 0 saturated heterocycles. The second-order valence-corrected chi connectivity index (χ2v) is 3.81. The molecule has 0 radical (unpaired) electrons. The first-order valence-corrected chi connectivity index (χ1v) is 4.53. The summed E-state index contributed by atoms with van der Waals surface area (Å²) in [5, 5.41) is 8.70. The first-order chi connectivity index (χ1) is 5.12. The summed E-state index contributed by atoms with van der Waals surface area (Å²) in [6, 6.07) is 0. The summed E-state index contributed by atoms with van der Waals surface area (Å²) in [6.45, 7) is 6.23. The molecule has 0 saturated carbocycles. The van der Waals surface area contributed by atoms with Gasteiger partial charge in [0.25, 0.3) is 0 Å². The van der Waals surface area contributed by atoms with Crippen molar-refractivity contribution in [3.05, 3.63) is 0 Å². The Kier molecular flexibility index (Phi) is 5.51. The Morgan fingerprint density at radius 2 is 1.82 bits per heavy atom. The fourth-order valence-corrected chi connectivity index (χ4v) is 1.05. The highest BCUT2D eigenvalue weighted by Crippen LogP contribution is 2.13. The molecule has 0 aromatic heterocycles. The highest BCUT2D eigenvalue weighted by Gasteiger charge is 2.14. The van der Waals surface area contributed by atoms with Crippen molar-refractivity contribution in [3.8, 4) is 0 Å². The molecule has 0 aliphatic carbocycles. The maximum Gasteiger partial charge on any atom is 0.0373 e. The van der Waals surface area contributed by atoms with E-state index in [9.17, 15) is 0 Å². The summed E-state index contributed by atoms with van der Waals surface area (Å²) < 4.78 is 0. The van der Waals surface area contributed by atoms with Crippen molar-refractivity contribution in [2.75, 3.05) is 0 Å². The molecule has 11 heavy (non-hydrogen) atoms. The first-order valence-electron chi connectivity index (χ1n) is 4.53. The molecule has 0 aromatic carbocycles. The predicted molar refractivity (Wildman–Crippen MR) is 47.8 cm³/mol. The molecular weight excluding hydrogens is 138 g/mol. The van der Waals surface area contributed by atoms with Crippen LogP contribution >= 0.6 is 0 Å². The third kappa shape index (κ3) is 6.32. The van der Waals surface area contributed by atoms with Crippen LogP contribution < -0.4 is 5.48 Å². The second-order valence-electron chi connectivity index (χ2n) is 3.81. The van der Waals surface area contributed by atoms with Gasteiger partial charge < -0.3 is 5.21 Å². The number of rotatable bonds is 6. The van der Waals surface area contributed by atoms with Gasteiger partial charge in [-0.25, -0.2) is 5.48 Å². The van der Waals surface area contributed by atoms with Gasteiger partial charge in [-0.05, 0) is 20.3 Å². The van der Waals surface area contributed by atoms with Crippen LogP contribution in [-0.4, -0.2) is 10.7 Å². The minimum absolute atomic E-state index is 0.103. The SMILES string of the molecule is CCCCCCC(C)(C)NO. The van der Waals surface area contributed by atoms with Crippen molar-refractivity contribution < 1.29 is 5.21 Å². The molecule has 2 heteroatoms. The summed E-state index contributed by atoms with van der Waals surface area (Å²) in [7, 11) is 0. The highest BCUT2D eigenvalue weighted by molar-refractivity contribution is 4.71. The summed E-state index contributed by atoms with van der Waals surface area (Å²) in [6.07, 6.45) is 6.11. The molecule has 0 bridgehead atoms. The molecule has 0 fully saturated rings. The lowest BCUT2D eigenvalue weighted by Gasteiger charge is -2.21. The van der Waals surface area contributed by atoms with E-state index >= 15 is 0 Å². The molecule has 0 aromatic rings. The summed E-state index contributed by atoms with van der Waals surface area (Å²) in [5.41, 5.74) is 2.21. The normalized spacial score (nSPS) is 12.0. The second kappa shape index (κ2) is 5.56. The Labute approximate surface area is 70.0 Å². The van der Waals surface area contributed by atoms with Crippen molar-refractivity contribution in [2.24, 2.45) is 0 Å². The Morgan fingerprint density at radius 3 is 2.27 bits per heavy atom. The van der Waals surface area contributed by atoms with Gasteiger partial charge in [0, 0.05) is 5.54 Å². The summed E-state index contributed by atoms with van der Waals surface area (Å²) in [5.74, 6) is 0. The largest absolute Gasteiger partial charge is 0.316 e. The van der Waals surface area contributed by atoms with Gasteiger partial charge >= 0.3 is 0 Å². The van der Waals surface area contributed by atoms with Crippen LogP contribution in [0.4, 0.5) is 0 Å². The van der Waals surface area contributed by atoms with E-state index in [0.29, 0.717) is 0 Å². The summed E-state index contributed by atoms with van der Waals surface area (Å²) >= 11 is 0. The van der Waals surface area contributed by atoms with E-state index in [4.69, 9.17) is 5.21 Å². The standard InChI is InChI=1S/C9H21NO/c1-4-5-6-7-8-9(2,3)10-11/h10-11H,4-8H2,1-3H3. The van der Waals surface area contributed by atoms with Crippen LogP contribution in [0.15, 0.2) is 0 Å². The van der Waals surface area contributed by atoms with Gasteiger partial charge in [-0.3, -0.25) is 0 Å². The fourth-order valence-electron chi connectivity index (χ4n) is 1.05. The molecule has 0 heterocycles. The Bertz CT molecular complexity index is 91.6. The predicted octanol–water partition coefficient (Wildman–Crippen LogP) is 2.71. The van der Waals surface area contributed by atoms with Crippen LogP contribution in [-0.2, 0) is 0 Å². The number of hydrogen-bond donors (Lipinski definition) is 2. The van der Waals surface area contributed by atoms with Crippen molar-refractivity contribution in [1.82, 2.24) is 5.48 Å². The van der Waals surface area contributed by atoms with Crippen LogP contribution in [0.3, 0.4) is 0 Å². The zero-order chi connectivity index (χ0) is 8.74. The van der Waals surface area contributed by atoms with Crippen LogP contribution in [0.25, 0.3) is 0 Å². The third-order valence-corrected chi connectivity index (χ3v) is 1.96. The maximum atomic E-state index is 8.70. The van der Waals surface area contributed by atoms with Gasteiger partial charge in [-0.15, -0.1) is 0 Å². The lowest BCUT2D eigenvalue weighted by atomic mass is 9.98. The van der Waals surface area contributed by atoms with Crippen LogP contribution in [0.5, 0.6) is 0 Å². The van der Waals surface area contributed by atoms with Gasteiger partial charge in [0.15, 0.2) is 0 Å². The summed E-state index contributed by atoms with van der Waals surface area (Å²) in [4.78, 5) is 0. The molecule has 2 nitrogen and oxygen atoms in total. The van der Waals surface area contributed by atoms with E-state index in [1.807, 2.05) is 13.8 Å². The monoisotopic (exact) mass is 159 g/mol. The van der Waals surface area contributed by atoms with E-state index in [-0.39, 0.29) is 5.54 Å². The van der Waals surface area contributed by atoms with Crippen molar-refractivity contribution >= 4 is 0 Å². The lowest BCUT2D eigenvalue weighted by Crippen LogP contribution is -2.36. The molecule has 0 spiro atoms. The third-order valence-electron chi connectivity index (χ3n) is 1.96. The van der Waals surface area contributed by atoms with Gasteiger partial charge in [0.1, 0.15) is 0 Å². The Morgan fingerprint density at radius 1 is 1.18 bits per heavy atom. The number of hydrogen-bond acceptors (Lipinski definition) is 2. The van der Waals surface area contributed by atoms with E-state index in [1.165, 1.54) is 25.7 Å². The van der Waals surface area contributed by atoms with Crippen molar-refractivity contribution in [3.63, 3.8) is 0 Å². The quantitative estimate of drug-likeness (QED) is 0.461. The molecule has 0 unspecified atom stereocenters. The fraction of sp³-hybridized carbons (Fsp3) is 1.00. The molecule has 0 amide bonds. The molecule has 2 N–H and O–H groups in total. The number of nitrogens with one attached hydrogen (secondary N) is 1.